The first-order valence-corrected chi connectivity index (χ1v) is 11.3. The van der Waals surface area contributed by atoms with E-state index in [4.69, 9.17) is 21.0 Å². The van der Waals surface area contributed by atoms with E-state index in [1.54, 1.807) is 19.1 Å². The Morgan fingerprint density at radius 3 is 2.78 bits per heavy atom. The molecule has 6 heterocycles. The van der Waals surface area contributed by atoms with Crippen LogP contribution in [0.15, 0.2) is 24.8 Å². The molecule has 3 aliphatic heterocycles. The smallest absolute Gasteiger partial charge is 0.243 e. The third-order valence-electron chi connectivity index (χ3n) is 6.85. The number of fused-ring (bicyclic) bond motifs is 6. The number of hydrogen-bond donors (Lipinski definition) is 2. The van der Waals surface area contributed by atoms with Crippen molar-refractivity contribution < 1.29 is 19.1 Å². The summed E-state index contributed by atoms with van der Waals surface area (Å²) in [6.07, 6.45) is 8.41. The number of ether oxygens (including phenoxy) is 2. The van der Waals surface area contributed by atoms with E-state index in [9.17, 15) is 9.59 Å². The number of terminal acetylenes is 1. The van der Waals surface area contributed by atoms with E-state index in [1.165, 1.54) is 22.2 Å². The number of H-pyrrole nitrogens is 1. The first kappa shape index (κ1) is 20.5. The highest BCUT2D eigenvalue weighted by Gasteiger charge is 2.58. The molecule has 1 unspecified atom stereocenters. The fraction of sp³-hybridized carbons (Fsp3) is 0.250. The van der Waals surface area contributed by atoms with Crippen LogP contribution < -0.4 is 19.7 Å². The lowest BCUT2D eigenvalue weighted by Crippen LogP contribution is -2.47. The summed E-state index contributed by atoms with van der Waals surface area (Å²) in [5, 5.41) is 7.62. The molecule has 3 aliphatic rings. The van der Waals surface area contributed by atoms with Crippen molar-refractivity contribution in [1.29, 1.82) is 0 Å². The highest BCUT2D eigenvalue weighted by atomic mass is 16.6. The van der Waals surface area contributed by atoms with E-state index in [2.05, 4.69) is 31.2 Å². The maximum absolute atomic E-state index is 14.2. The second kappa shape index (κ2) is 7.05. The topological polar surface area (TPSA) is 140 Å². The zero-order valence-electron chi connectivity index (χ0n) is 19.0. The van der Waals surface area contributed by atoms with Crippen LogP contribution in [0.4, 0.5) is 11.5 Å². The van der Waals surface area contributed by atoms with Gasteiger partial charge in [-0.1, -0.05) is 5.92 Å². The molecule has 12 nitrogen and oxygen atoms in total. The van der Waals surface area contributed by atoms with Gasteiger partial charge < -0.3 is 19.8 Å². The number of aromatic amines is 1. The SMILES string of the molecule is C#CCN1C(=O)C2(CC(=O)Nc3c2c(C)nn3-c2ncnc3nc[nH]c23)c2cc3c(cc21)OCCO3. The van der Waals surface area contributed by atoms with Crippen molar-refractivity contribution in [3.05, 3.63) is 41.6 Å². The van der Waals surface area contributed by atoms with Gasteiger partial charge in [0, 0.05) is 23.6 Å². The summed E-state index contributed by atoms with van der Waals surface area (Å²) >= 11 is 0. The fourth-order valence-electron chi connectivity index (χ4n) is 5.48. The zero-order chi connectivity index (χ0) is 24.6. The minimum absolute atomic E-state index is 0.0397. The molecular formula is C24H18N8O4. The highest BCUT2D eigenvalue weighted by Crippen LogP contribution is 2.56. The Labute approximate surface area is 203 Å². The molecule has 0 fully saturated rings. The van der Waals surface area contributed by atoms with Crippen molar-refractivity contribution >= 4 is 34.5 Å². The first-order valence-electron chi connectivity index (χ1n) is 11.3. The average molecular weight is 482 g/mol. The molecule has 0 bridgehead atoms. The molecule has 1 atom stereocenters. The van der Waals surface area contributed by atoms with Gasteiger partial charge in [0.15, 0.2) is 23.0 Å². The van der Waals surface area contributed by atoms with Crippen molar-refractivity contribution in [3.8, 4) is 29.7 Å². The van der Waals surface area contributed by atoms with E-state index in [-0.39, 0.29) is 24.8 Å². The molecule has 2 N–H and O–H groups in total. The number of imidazole rings is 1. The predicted octanol–water partition coefficient (Wildman–Crippen LogP) is 1.23. The summed E-state index contributed by atoms with van der Waals surface area (Å²) in [4.78, 5) is 44.7. The third-order valence-corrected chi connectivity index (χ3v) is 6.85. The number of hydrogen-bond acceptors (Lipinski definition) is 8. The van der Waals surface area contributed by atoms with Crippen LogP contribution in [0.5, 0.6) is 11.5 Å². The van der Waals surface area contributed by atoms with Crippen LogP contribution >= 0.6 is 0 Å². The largest absolute Gasteiger partial charge is 0.486 e. The Morgan fingerprint density at radius 2 is 1.97 bits per heavy atom. The number of amides is 2. The maximum atomic E-state index is 14.2. The number of benzene rings is 1. The summed E-state index contributed by atoms with van der Waals surface area (Å²) in [6.45, 7) is 2.63. The van der Waals surface area contributed by atoms with Gasteiger partial charge in [-0.2, -0.15) is 9.78 Å². The number of aryl methyl sites for hydroxylation is 1. The summed E-state index contributed by atoms with van der Waals surface area (Å²) in [5.74, 6) is 3.73. The average Bonchev–Trinajstić information content (AvgIpc) is 3.54. The van der Waals surface area contributed by atoms with Crippen LogP contribution in [0.2, 0.25) is 0 Å². The normalized spacial score (nSPS) is 19.8. The minimum atomic E-state index is -1.35. The van der Waals surface area contributed by atoms with Crippen LogP contribution in [0.3, 0.4) is 0 Å². The second-order valence-electron chi connectivity index (χ2n) is 8.76. The lowest BCUT2D eigenvalue weighted by molar-refractivity contribution is -0.126. The van der Waals surface area contributed by atoms with Gasteiger partial charge in [0.1, 0.15) is 36.3 Å². The number of carbonyl (C=O) groups excluding carboxylic acids is 2. The van der Waals surface area contributed by atoms with Gasteiger partial charge >= 0.3 is 0 Å². The number of anilines is 2. The van der Waals surface area contributed by atoms with Crippen molar-refractivity contribution in [2.45, 2.75) is 18.8 Å². The summed E-state index contributed by atoms with van der Waals surface area (Å²) in [5.41, 5.74) is 2.01. The van der Waals surface area contributed by atoms with Crippen molar-refractivity contribution in [2.75, 3.05) is 30.0 Å². The summed E-state index contributed by atoms with van der Waals surface area (Å²) in [7, 11) is 0. The maximum Gasteiger partial charge on any atom is 0.243 e. The van der Waals surface area contributed by atoms with Crippen LogP contribution in [0, 0.1) is 19.3 Å². The molecule has 0 saturated carbocycles. The Balaban J connectivity index is 1.52. The molecule has 3 aromatic heterocycles. The van der Waals surface area contributed by atoms with Gasteiger partial charge in [0.2, 0.25) is 11.8 Å². The molecule has 0 aliphatic carbocycles. The molecule has 12 heteroatoms. The molecule has 7 rings (SSSR count). The van der Waals surface area contributed by atoms with Crippen molar-refractivity contribution in [1.82, 2.24) is 29.7 Å². The third kappa shape index (κ3) is 2.48. The summed E-state index contributed by atoms with van der Waals surface area (Å²) < 4.78 is 13.1. The lowest BCUT2D eigenvalue weighted by Gasteiger charge is -2.33. The molecule has 1 aromatic carbocycles. The molecular weight excluding hydrogens is 464 g/mol. The second-order valence-corrected chi connectivity index (χ2v) is 8.76. The Bertz CT molecular complexity index is 1660. The predicted molar refractivity (Wildman–Crippen MR) is 126 cm³/mol. The number of nitrogens with one attached hydrogen (secondary N) is 2. The zero-order valence-corrected chi connectivity index (χ0v) is 19.0. The fourth-order valence-corrected chi connectivity index (χ4v) is 5.48. The van der Waals surface area contributed by atoms with E-state index in [1.807, 2.05) is 0 Å². The van der Waals surface area contributed by atoms with Gasteiger partial charge in [-0.25, -0.2) is 15.0 Å². The number of carbonyl (C=O) groups is 2. The summed E-state index contributed by atoms with van der Waals surface area (Å²) in [6, 6.07) is 3.55. The molecule has 0 saturated heterocycles. The molecule has 36 heavy (non-hydrogen) atoms. The van der Waals surface area contributed by atoms with E-state index < -0.39 is 5.41 Å². The van der Waals surface area contributed by atoms with Gasteiger partial charge in [0.25, 0.3) is 0 Å². The molecule has 4 aromatic rings. The van der Waals surface area contributed by atoms with Crippen LogP contribution in [-0.4, -0.2) is 61.3 Å². The molecule has 2 amide bonds. The first-order chi connectivity index (χ1) is 17.5. The van der Waals surface area contributed by atoms with E-state index in [0.717, 1.165) is 0 Å². The van der Waals surface area contributed by atoms with Gasteiger partial charge in [-0.05, 0) is 13.0 Å². The number of nitrogens with zero attached hydrogens (tertiary/aromatic N) is 6. The van der Waals surface area contributed by atoms with Gasteiger partial charge in [0.05, 0.1) is 24.3 Å². The van der Waals surface area contributed by atoms with Crippen LogP contribution in [-0.2, 0) is 15.0 Å². The quantitative estimate of drug-likeness (QED) is 0.407. The van der Waals surface area contributed by atoms with Crippen molar-refractivity contribution in [3.63, 3.8) is 0 Å². The van der Waals surface area contributed by atoms with Gasteiger partial charge in [-0.15, -0.1) is 6.42 Å². The highest BCUT2D eigenvalue weighted by molar-refractivity contribution is 6.16. The van der Waals surface area contributed by atoms with Crippen LogP contribution in [0.25, 0.3) is 17.0 Å². The standard InChI is InChI=1S/C24H18N8O4/c1-3-4-31-14-8-16-15(35-5-6-36-16)7-13(14)24(23(31)34)9-17(33)29-21-18(24)12(2)30-32(21)22-19-20(26-10-25-19)27-11-28-22/h1,7-8,10-11H,4-6,9H2,2H3,(H,29,33)(H,25,26,27,28). The van der Waals surface area contributed by atoms with Crippen LogP contribution in [0.1, 0.15) is 23.2 Å². The Hall–Kier alpha value is -4.92. The lowest BCUT2D eigenvalue weighted by atomic mass is 9.70. The molecule has 178 valence electrons. The molecule has 0 radical (unpaired) electrons. The van der Waals surface area contributed by atoms with Crippen molar-refractivity contribution in [2.24, 2.45) is 0 Å². The van der Waals surface area contributed by atoms with E-state index in [0.29, 0.717) is 70.0 Å². The monoisotopic (exact) mass is 482 g/mol. The van der Waals surface area contributed by atoms with E-state index >= 15 is 0 Å². The Kier molecular flexibility index (Phi) is 4.00. The number of aromatic nitrogens is 6. The minimum Gasteiger partial charge on any atom is -0.486 e. The number of rotatable bonds is 2. The molecule has 1 spiro atoms. The van der Waals surface area contributed by atoms with Gasteiger partial charge in [-0.3, -0.25) is 14.5 Å². The Morgan fingerprint density at radius 1 is 1.17 bits per heavy atom.